The lowest BCUT2D eigenvalue weighted by atomic mass is 10.1. The van der Waals surface area contributed by atoms with Crippen molar-refractivity contribution in [3.05, 3.63) is 87.9 Å². The molecule has 5 rings (SSSR count). The normalized spacial score (nSPS) is 17.0. The zero-order valence-corrected chi connectivity index (χ0v) is 25.7. The topological polar surface area (TPSA) is 83.1 Å². The fourth-order valence-electron chi connectivity index (χ4n) is 5.39. The number of aryl methyl sites for hydroxylation is 1. The van der Waals surface area contributed by atoms with Crippen molar-refractivity contribution in [1.82, 2.24) is 4.90 Å². The second-order valence-electron chi connectivity index (χ2n) is 10.8. The van der Waals surface area contributed by atoms with E-state index in [4.69, 9.17) is 32.7 Å². The molecule has 1 unspecified atom stereocenters. The summed E-state index contributed by atoms with van der Waals surface area (Å²) in [6, 6.07) is 21.0. The van der Waals surface area contributed by atoms with Gasteiger partial charge in [0.25, 0.3) is 0 Å². The maximum absolute atomic E-state index is 13.0. The Kier molecular flexibility index (Phi) is 11.2. The van der Waals surface area contributed by atoms with Gasteiger partial charge in [-0.2, -0.15) is 0 Å². The summed E-state index contributed by atoms with van der Waals surface area (Å²) in [7, 11) is 0. The summed E-state index contributed by atoms with van der Waals surface area (Å²) in [5, 5.41) is 6.71. The van der Waals surface area contributed by atoms with Gasteiger partial charge >= 0.3 is 6.03 Å². The number of carbonyl (C=O) groups excluding carboxylic acids is 2. The minimum Gasteiger partial charge on any atom is -0.368 e. The van der Waals surface area contributed by atoms with Gasteiger partial charge in [-0.3, -0.25) is 4.79 Å². The molecule has 1 atom stereocenters. The molecule has 0 aliphatic carbocycles. The molecule has 228 valence electrons. The zero-order chi connectivity index (χ0) is 30.0. The summed E-state index contributed by atoms with van der Waals surface area (Å²) in [4.78, 5) is 29.7. The van der Waals surface area contributed by atoms with Gasteiger partial charge in [-0.1, -0.05) is 59.6 Å². The number of urea groups is 1. The first-order valence-electron chi connectivity index (χ1n) is 14.9. The van der Waals surface area contributed by atoms with E-state index in [0.29, 0.717) is 61.5 Å². The molecule has 2 saturated heterocycles. The smallest absolute Gasteiger partial charge is 0.322 e. The number of carbonyl (C=O) groups is 2. The molecule has 0 saturated carbocycles. The number of hydrogen-bond acceptors (Lipinski definition) is 5. The third-order valence-corrected chi connectivity index (χ3v) is 8.37. The molecule has 43 heavy (non-hydrogen) atoms. The monoisotopic (exact) mass is 624 g/mol. The van der Waals surface area contributed by atoms with Gasteiger partial charge in [-0.25, -0.2) is 4.79 Å². The number of ether oxygens (including phenoxy) is 2. The number of benzene rings is 3. The van der Waals surface area contributed by atoms with Crippen LogP contribution in [0.1, 0.15) is 43.2 Å². The van der Waals surface area contributed by atoms with E-state index in [1.54, 1.807) is 23.1 Å². The summed E-state index contributed by atoms with van der Waals surface area (Å²) in [5.41, 5.74) is 4.38. The van der Waals surface area contributed by atoms with Crippen LogP contribution in [0.5, 0.6) is 0 Å². The number of nitrogens with zero attached hydrogens (tertiary/aromatic N) is 2. The molecule has 0 radical (unpaired) electrons. The minimum absolute atomic E-state index is 0.00980. The molecule has 0 spiro atoms. The summed E-state index contributed by atoms with van der Waals surface area (Å²) in [6.07, 6.45) is 4.87. The van der Waals surface area contributed by atoms with Crippen LogP contribution < -0.4 is 15.5 Å². The fourth-order valence-corrected chi connectivity index (χ4v) is 5.88. The molecule has 10 heteroatoms. The molecule has 8 nitrogen and oxygen atoms in total. The predicted octanol–water partition coefficient (Wildman–Crippen LogP) is 7.35. The molecule has 2 N–H and O–H groups in total. The molecule has 2 aliphatic rings. The Balaban J connectivity index is 1.21. The Morgan fingerprint density at radius 3 is 2.40 bits per heavy atom. The third-order valence-electron chi connectivity index (χ3n) is 7.74. The highest BCUT2D eigenvalue weighted by molar-refractivity contribution is 6.39. The third kappa shape index (κ3) is 8.86. The standard InChI is InChI=1S/C33H38Cl2N4O4/c34-27-11-7-12-28(35)32(27)37-33(41)39-19-17-38(18-20-39)29-16-15-26(22-25(29)23-43-31-14-4-5-21-42-31)36-30(40)13-6-10-24-8-2-1-3-9-24/h1-3,7-9,11-12,15-16,22,31H,4-6,10,13-14,17-21,23H2,(H,36,40)(H,37,41). The number of piperazine rings is 1. The molecular formula is C33H38Cl2N4O4. The van der Waals surface area contributed by atoms with Crippen LogP contribution in [0.15, 0.2) is 66.7 Å². The van der Waals surface area contributed by atoms with Gasteiger partial charge in [0.15, 0.2) is 6.29 Å². The van der Waals surface area contributed by atoms with Gasteiger partial charge in [0.2, 0.25) is 5.91 Å². The Morgan fingerprint density at radius 1 is 0.907 bits per heavy atom. The molecule has 2 aliphatic heterocycles. The number of halogens is 2. The van der Waals surface area contributed by atoms with Crippen LogP contribution in [-0.2, 0) is 27.3 Å². The van der Waals surface area contributed by atoms with E-state index in [9.17, 15) is 9.59 Å². The molecule has 2 fully saturated rings. The van der Waals surface area contributed by atoms with Crippen molar-refractivity contribution in [1.29, 1.82) is 0 Å². The number of rotatable bonds is 10. The lowest BCUT2D eigenvalue weighted by Gasteiger charge is -2.37. The van der Waals surface area contributed by atoms with Gasteiger partial charge < -0.3 is 29.9 Å². The van der Waals surface area contributed by atoms with Crippen molar-refractivity contribution >= 4 is 52.2 Å². The Labute approximate surface area is 263 Å². The molecular weight excluding hydrogens is 587 g/mol. The number of nitrogens with one attached hydrogen (secondary N) is 2. The lowest BCUT2D eigenvalue weighted by molar-refractivity contribution is -0.168. The maximum atomic E-state index is 13.0. The summed E-state index contributed by atoms with van der Waals surface area (Å²) < 4.78 is 12.0. The molecule has 2 heterocycles. The van der Waals surface area contributed by atoms with Crippen molar-refractivity contribution in [2.45, 2.75) is 51.4 Å². The summed E-state index contributed by atoms with van der Waals surface area (Å²) in [6.45, 7) is 3.41. The second kappa shape index (κ2) is 15.4. The number of amides is 3. The van der Waals surface area contributed by atoms with Crippen molar-refractivity contribution < 1.29 is 19.1 Å². The van der Waals surface area contributed by atoms with Crippen LogP contribution in [0.3, 0.4) is 0 Å². The van der Waals surface area contributed by atoms with E-state index in [2.05, 4.69) is 27.7 Å². The first-order valence-corrected chi connectivity index (χ1v) is 15.7. The molecule has 0 bridgehead atoms. The first-order chi connectivity index (χ1) is 21.0. The number of para-hydroxylation sites is 1. The van der Waals surface area contributed by atoms with Crippen LogP contribution in [0, 0.1) is 0 Å². The van der Waals surface area contributed by atoms with Gasteiger partial charge in [-0.05, 0) is 68.0 Å². The van der Waals surface area contributed by atoms with E-state index < -0.39 is 0 Å². The average molecular weight is 626 g/mol. The van der Waals surface area contributed by atoms with Crippen molar-refractivity contribution in [2.75, 3.05) is 48.3 Å². The van der Waals surface area contributed by atoms with Crippen LogP contribution >= 0.6 is 23.2 Å². The molecule has 3 amide bonds. The fraction of sp³-hybridized carbons (Fsp3) is 0.394. The Hall–Kier alpha value is -3.30. The van der Waals surface area contributed by atoms with Crippen molar-refractivity contribution in [3.8, 4) is 0 Å². The zero-order valence-electron chi connectivity index (χ0n) is 24.2. The largest absolute Gasteiger partial charge is 0.368 e. The van der Waals surface area contributed by atoms with Gasteiger partial charge in [0, 0.05) is 56.1 Å². The maximum Gasteiger partial charge on any atom is 0.322 e. The summed E-state index contributed by atoms with van der Waals surface area (Å²) in [5.74, 6) is -0.00980. The van der Waals surface area contributed by atoms with Crippen LogP contribution in [0.4, 0.5) is 21.9 Å². The number of hydrogen-bond donors (Lipinski definition) is 2. The van der Waals surface area contributed by atoms with E-state index in [0.717, 1.165) is 49.0 Å². The van der Waals surface area contributed by atoms with Gasteiger partial charge in [-0.15, -0.1) is 0 Å². The van der Waals surface area contributed by atoms with E-state index in [1.807, 2.05) is 36.4 Å². The minimum atomic E-state index is -0.238. The Bertz CT molecular complexity index is 1360. The second-order valence-corrected chi connectivity index (χ2v) is 11.7. The summed E-state index contributed by atoms with van der Waals surface area (Å²) >= 11 is 12.5. The molecule has 3 aromatic rings. The highest BCUT2D eigenvalue weighted by atomic mass is 35.5. The highest BCUT2D eigenvalue weighted by Gasteiger charge is 2.25. The van der Waals surface area contributed by atoms with E-state index in [1.165, 1.54) is 5.56 Å². The predicted molar refractivity (Wildman–Crippen MR) is 172 cm³/mol. The average Bonchev–Trinajstić information content (AvgIpc) is 3.03. The lowest BCUT2D eigenvalue weighted by Crippen LogP contribution is -2.50. The highest BCUT2D eigenvalue weighted by Crippen LogP contribution is 2.31. The van der Waals surface area contributed by atoms with Crippen molar-refractivity contribution in [3.63, 3.8) is 0 Å². The van der Waals surface area contributed by atoms with Gasteiger partial charge in [0.1, 0.15) is 0 Å². The van der Waals surface area contributed by atoms with E-state index in [-0.39, 0.29) is 18.2 Å². The number of anilines is 3. The van der Waals surface area contributed by atoms with Crippen LogP contribution in [0.2, 0.25) is 10.0 Å². The van der Waals surface area contributed by atoms with Gasteiger partial charge in [0.05, 0.1) is 22.3 Å². The first kappa shape index (κ1) is 31.1. The SMILES string of the molecule is O=C(CCCc1ccccc1)Nc1ccc(N2CCN(C(=O)Nc3c(Cl)cccc3Cl)CC2)c(COC2CCCCO2)c1. The molecule has 3 aromatic carbocycles. The Morgan fingerprint density at radius 2 is 1.67 bits per heavy atom. The quantitative estimate of drug-likeness (QED) is 0.246. The van der Waals surface area contributed by atoms with Crippen LogP contribution in [-0.4, -0.2) is 55.9 Å². The van der Waals surface area contributed by atoms with E-state index >= 15 is 0 Å². The molecule has 0 aromatic heterocycles. The van der Waals surface area contributed by atoms with Crippen molar-refractivity contribution in [2.24, 2.45) is 0 Å². The van der Waals surface area contributed by atoms with Crippen LogP contribution in [0.25, 0.3) is 0 Å².